The number of carbonyl (C=O) groups excluding carboxylic acids is 2. The molecule has 28 heavy (non-hydrogen) atoms. The fourth-order valence-corrected chi connectivity index (χ4v) is 2.96. The zero-order valence-electron chi connectivity index (χ0n) is 16.6. The van der Waals surface area contributed by atoms with Crippen molar-refractivity contribution in [2.24, 2.45) is 4.99 Å². The van der Waals surface area contributed by atoms with Crippen LogP contribution in [0, 0.1) is 0 Å². The molecule has 2 amide bonds. The van der Waals surface area contributed by atoms with Crippen LogP contribution in [0.1, 0.15) is 31.7 Å². The Hall–Kier alpha value is -1.84. The molecule has 1 fully saturated rings. The molecule has 1 aromatic carbocycles. The molecular weight excluding hydrogens is 469 g/mol. The molecule has 3 N–H and O–H groups in total. The van der Waals surface area contributed by atoms with Crippen LogP contribution >= 0.6 is 24.0 Å². The summed E-state index contributed by atoms with van der Waals surface area (Å²) in [4.78, 5) is 29.8. The third-order valence-corrected chi connectivity index (χ3v) is 4.37. The number of hydrogen-bond acceptors (Lipinski definition) is 3. The fraction of sp³-hybridized carbons (Fsp3) is 0.550. The first kappa shape index (κ1) is 24.2. The van der Waals surface area contributed by atoms with Crippen LogP contribution in [0.5, 0.6) is 0 Å². The lowest BCUT2D eigenvalue weighted by atomic mass is 10.1. The van der Waals surface area contributed by atoms with E-state index in [9.17, 15) is 9.59 Å². The van der Waals surface area contributed by atoms with Gasteiger partial charge >= 0.3 is 0 Å². The predicted molar refractivity (Wildman–Crippen MR) is 123 cm³/mol. The summed E-state index contributed by atoms with van der Waals surface area (Å²) in [7, 11) is 0. The minimum atomic E-state index is -0.0919. The second kappa shape index (κ2) is 14.2. The number of halogens is 1. The van der Waals surface area contributed by atoms with E-state index >= 15 is 0 Å². The Morgan fingerprint density at radius 1 is 1.14 bits per heavy atom. The van der Waals surface area contributed by atoms with Gasteiger partial charge in [0.2, 0.25) is 11.8 Å². The van der Waals surface area contributed by atoms with Crippen molar-refractivity contribution in [2.45, 2.75) is 32.6 Å². The Labute approximate surface area is 184 Å². The lowest BCUT2D eigenvalue weighted by molar-refractivity contribution is -0.127. The highest BCUT2D eigenvalue weighted by molar-refractivity contribution is 14.0. The first-order valence-electron chi connectivity index (χ1n) is 9.79. The maximum atomic E-state index is 12.0. The van der Waals surface area contributed by atoms with Gasteiger partial charge in [-0.05, 0) is 31.7 Å². The van der Waals surface area contributed by atoms with Crippen LogP contribution in [-0.4, -0.2) is 61.9 Å². The summed E-state index contributed by atoms with van der Waals surface area (Å²) >= 11 is 0. The van der Waals surface area contributed by atoms with E-state index in [1.165, 1.54) is 5.56 Å². The van der Waals surface area contributed by atoms with Crippen molar-refractivity contribution in [1.29, 1.82) is 0 Å². The molecule has 1 saturated heterocycles. The Morgan fingerprint density at radius 3 is 2.61 bits per heavy atom. The summed E-state index contributed by atoms with van der Waals surface area (Å²) < 4.78 is 0. The van der Waals surface area contributed by atoms with E-state index < -0.39 is 0 Å². The smallest absolute Gasteiger partial charge is 0.241 e. The van der Waals surface area contributed by atoms with Crippen molar-refractivity contribution in [2.75, 3.05) is 39.3 Å². The van der Waals surface area contributed by atoms with Gasteiger partial charge in [0.25, 0.3) is 0 Å². The SMILES string of the molecule is CCNC(=NCC(=O)NCCc1ccccc1)NCCCN1CCCC1=O.I. The van der Waals surface area contributed by atoms with Crippen LogP contribution in [0.3, 0.4) is 0 Å². The van der Waals surface area contributed by atoms with E-state index in [1.807, 2.05) is 42.2 Å². The molecule has 0 saturated carbocycles. The van der Waals surface area contributed by atoms with E-state index in [0.29, 0.717) is 25.5 Å². The van der Waals surface area contributed by atoms with Crippen molar-refractivity contribution in [3.8, 4) is 0 Å². The van der Waals surface area contributed by atoms with E-state index in [-0.39, 0.29) is 42.3 Å². The first-order chi connectivity index (χ1) is 13.2. The highest BCUT2D eigenvalue weighted by atomic mass is 127. The average Bonchev–Trinajstić information content (AvgIpc) is 3.09. The van der Waals surface area contributed by atoms with Crippen LogP contribution in [0.15, 0.2) is 35.3 Å². The molecule has 7 nitrogen and oxygen atoms in total. The summed E-state index contributed by atoms with van der Waals surface area (Å²) in [6.07, 6.45) is 3.32. The molecule has 1 aliphatic rings. The highest BCUT2D eigenvalue weighted by Crippen LogP contribution is 2.09. The molecule has 1 aliphatic heterocycles. The molecule has 0 aliphatic carbocycles. The third kappa shape index (κ3) is 9.38. The van der Waals surface area contributed by atoms with Crippen molar-refractivity contribution in [3.63, 3.8) is 0 Å². The third-order valence-electron chi connectivity index (χ3n) is 4.37. The Morgan fingerprint density at radius 2 is 1.93 bits per heavy atom. The number of amides is 2. The van der Waals surface area contributed by atoms with Gasteiger partial charge in [-0.1, -0.05) is 30.3 Å². The van der Waals surface area contributed by atoms with Crippen molar-refractivity contribution < 1.29 is 9.59 Å². The number of likely N-dealkylation sites (tertiary alicyclic amines) is 1. The van der Waals surface area contributed by atoms with Crippen LogP contribution in [-0.2, 0) is 16.0 Å². The second-order valence-corrected chi connectivity index (χ2v) is 6.55. The Bertz CT molecular complexity index is 624. The molecule has 2 rings (SSSR count). The van der Waals surface area contributed by atoms with Gasteiger partial charge in [0.15, 0.2) is 5.96 Å². The molecular formula is C20H32IN5O2. The number of rotatable bonds is 10. The number of aliphatic imine (C=N–C) groups is 1. The number of guanidine groups is 1. The standard InChI is InChI=1S/C20H31N5O2.HI/c1-2-21-20(23-12-7-15-25-14-6-10-19(25)27)24-16-18(26)22-13-11-17-8-4-3-5-9-17;/h3-5,8-9H,2,6-7,10-16H2,1H3,(H,22,26)(H2,21,23,24);1H. The van der Waals surface area contributed by atoms with Crippen molar-refractivity contribution >= 4 is 41.8 Å². The molecule has 8 heteroatoms. The van der Waals surface area contributed by atoms with Crippen molar-refractivity contribution in [1.82, 2.24) is 20.9 Å². The number of nitrogens with zero attached hydrogens (tertiary/aromatic N) is 2. The normalized spacial score (nSPS) is 13.8. The van der Waals surface area contributed by atoms with Gasteiger partial charge in [-0.2, -0.15) is 0 Å². The number of benzene rings is 1. The molecule has 1 heterocycles. The minimum absolute atomic E-state index is 0. The zero-order valence-corrected chi connectivity index (χ0v) is 18.9. The van der Waals surface area contributed by atoms with Crippen LogP contribution in [0.2, 0.25) is 0 Å². The van der Waals surface area contributed by atoms with E-state index in [4.69, 9.17) is 0 Å². The first-order valence-corrected chi connectivity index (χ1v) is 9.79. The van der Waals surface area contributed by atoms with Gasteiger partial charge in [0, 0.05) is 39.1 Å². The molecule has 0 atom stereocenters. The highest BCUT2D eigenvalue weighted by Gasteiger charge is 2.18. The van der Waals surface area contributed by atoms with E-state index in [2.05, 4.69) is 20.9 Å². The second-order valence-electron chi connectivity index (χ2n) is 6.55. The van der Waals surface area contributed by atoms with Crippen LogP contribution < -0.4 is 16.0 Å². The Kier molecular flexibility index (Phi) is 12.3. The van der Waals surface area contributed by atoms with E-state index in [0.717, 1.165) is 38.9 Å². The number of carbonyl (C=O) groups is 2. The molecule has 0 aromatic heterocycles. The summed E-state index contributed by atoms with van der Waals surface area (Å²) in [5.74, 6) is 0.789. The molecule has 1 aromatic rings. The van der Waals surface area contributed by atoms with Gasteiger partial charge in [0.1, 0.15) is 6.54 Å². The van der Waals surface area contributed by atoms with Crippen LogP contribution in [0.4, 0.5) is 0 Å². The Balaban J connectivity index is 0.00000392. The number of nitrogens with one attached hydrogen (secondary N) is 3. The van der Waals surface area contributed by atoms with E-state index in [1.54, 1.807) is 0 Å². The quantitative estimate of drug-likeness (QED) is 0.197. The fourth-order valence-electron chi connectivity index (χ4n) is 2.96. The average molecular weight is 501 g/mol. The van der Waals surface area contributed by atoms with Gasteiger partial charge in [-0.15, -0.1) is 24.0 Å². The summed E-state index contributed by atoms with van der Waals surface area (Å²) in [5.41, 5.74) is 1.20. The molecule has 0 unspecified atom stereocenters. The van der Waals surface area contributed by atoms with Gasteiger partial charge in [0.05, 0.1) is 0 Å². The summed E-state index contributed by atoms with van der Waals surface area (Å²) in [6, 6.07) is 10.1. The molecule has 156 valence electrons. The monoisotopic (exact) mass is 501 g/mol. The minimum Gasteiger partial charge on any atom is -0.357 e. The molecule has 0 spiro atoms. The van der Waals surface area contributed by atoms with Gasteiger partial charge in [-0.3, -0.25) is 9.59 Å². The lowest BCUT2D eigenvalue weighted by Gasteiger charge is -2.16. The van der Waals surface area contributed by atoms with Crippen molar-refractivity contribution in [3.05, 3.63) is 35.9 Å². The molecule has 0 bridgehead atoms. The largest absolute Gasteiger partial charge is 0.357 e. The summed E-state index contributed by atoms with van der Waals surface area (Å²) in [5, 5.41) is 9.25. The van der Waals surface area contributed by atoms with Gasteiger partial charge < -0.3 is 20.9 Å². The lowest BCUT2D eigenvalue weighted by Crippen LogP contribution is -2.40. The molecule has 0 radical (unpaired) electrons. The van der Waals surface area contributed by atoms with Crippen LogP contribution in [0.25, 0.3) is 0 Å². The predicted octanol–water partition coefficient (Wildman–Crippen LogP) is 1.53. The zero-order chi connectivity index (χ0) is 19.3. The maximum Gasteiger partial charge on any atom is 0.241 e. The topological polar surface area (TPSA) is 85.8 Å². The van der Waals surface area contributed by atoms with Gasteiger partial charge in [-0.25, -0.2) is 4.99 Å². The number of hydrogen-bond donors (Lipinski definition) is 3. The summed E-state index contributed by atoms with van der Waals surface area (Å²) in [6.45, 7) is 5.76. The maximum absolute atomic E-state index is 12.0.